The predicted molar refractivity (Wildman–Crippen MR) is 58.8 cm³/mol. The minimum absolute atomic E-state index is 0.691. The van der Waals surface area contributed by atoms with Crippen molar-refractivity contribution in [3.05, 3.63) is 48.2 Å². The Morgan fingerprint density at radius 3 is 2.64 bits per heavy atom. The van der Waals surface area contributed by atoms with Crippen molar-refractivity contribution < 1.29 is 4.42 Å². The molecule has 0 atom stereocenters. The van der Waals surface area contributed by atoms with Gasteiger partial charge in [-0.3, -0.25) is 0 Å². The first kappa shape index (κ1) is 10.5. The fraction of sp³-hybridized carbons (Fsp3) is 0.250. The second-order valence-electron chi connectivity index (χ2n) is 2.89. The molecule has 0 aliphatic rings. The normalized spacial score (nSPS) is 13.2. The second kappa shape index (κ2) is 5.22. The van der Waals surface area contributed by atoms with Crippen LogP contribution in [0, 0.1) is 6.92 Å². The third kappa shape index (κ3) is 2.73. The fourth-order valence-corrected chi connectivity index (χ4v) is 1.09. The lowest BCUT2D eigenvalue weighted by Gasteiger charge is -1.93. The van der Waals surface area contributed by atoms with Gasteiger partial charge in [0.1, 0.15) is 0 Å². The molecule has 2 nitrogen and oxygen atoms in total. The molecule has 0 aliphatic heterocycles. The number of hydrogen-bond donors (Lipinski definition) is 0. The third-order valence-electron chi connectivity index (χ3n) is 1.72. The summed E-state index contributed by atoms with van der Waals surface area (Å²) in [5.41, 5.74) is 1.03. The Morgan fingerprint density at radius 1 is 1.36 bits per heavy atom. The van der Waals surface area contributed by atoms with Crippen molar-refractivity contribution in [2.75, 3.05) is 0 Å². The monoisotopic (exact) mass is 189 g/mol. The van der Waals surface area contributed by atoms with Crippen LogP contribution in [0.5, 0.6) is 0 Å². The fourth-order valence-electron chi connectivity index (χ4n) is 1.09. The molecule has 0 amide bonds. The molecule has 2 heteroatoms. The first-order valence-electron chi connectivity index (χ1n) is 4.66. The van der Waals surface area contributed by atoms with Crippen LogP contribution in [0.15, 0.2) is 41.0 Å². The van der Waals surface area contributed by atoms with Crippen LogP contribution in [-0.2, 0) is 0 Å². The number of aromatic nitrogens is 1. The SMILES string of the molecule is C\C=C/C=C(\C=C/C)c1cnc(C)o1. The molecule has 1 aromatic heterocycles. The van der Waals surface area contributed by atoms with E-state index in [2.05, 4.69) is 4.98 Å². The van der Waals surface area contributed by atoms with E-state index in [1.54, 1.807) is 6.20 Å². The number of rotatable bonds is 3. The van der Waals surface area contributed by atoms with Crippen LogP contribution in [0.25, 0.3) is 5.57 Å². The molecule has 0 fully saturated rings. The van der Waals surface area contributed by atoms with E-state index in [0.29, 0.717) is 5.89 Å². The summed E-state index contributed by atoms with van der Waals surface area (Å²) in [6.45, 7) is 5.80. The first-order valence-corrected chi connectivity index (χ1v) is 4.66. The molecule has 1 rings (SSSR count). The topological polar surface area (TPSA) is 26.0 Å². The van der Waals surface area contributed by atoms with Crippen molar-refractivity contribution in [3.8, 4) is 0 Å². The zero-order valence-electron chi connectivity index (χ0n) is 8.82. The standard InChI is InChI=1S/C12H15NO/c1-4-6-8-11(7-5-2)12-9-13-10(3)14-12/h4-9H,1-3H3/b6-4-,7-5-,11-8+. The number of allylic oxidation sites excluding steroid dienone is 6. The van der Waals surface area contributed by atoms with E-state index in [0.717, 1.165) is 11.3 Å². The van der Waals surface area contributed by atoms with Crippen molar-refractivity contribution in [1.82, 2.24) is 4.98 Å². The molecule has 14 heavy (non-hydrogen) atoms. The molecule has 0 radical (unpaired) electrons. The van der Waals surface area contributed by atoms with Crippen LogP contribution in [-0.4, -0.2) is 4.98 Å². The molecular weight excluding hydrogens is 174 g/mol. The molecule has 0 bridgehead atoms. The largest absolute Gasteiger partial charge is 0.441 e. The Labute approximate surface area is 84.7 Å². The average Bonchev–Trinajstić information content (AvgIpc) is 2.59. The van der Waals surface area contributed by atoms with Gasteiger partial charge in [-0.05, 0) is 13.8 Å². The molecular formula is C12H15NO. The van der Waals surface area contributed by atoms with Gasteiger partial charge in [-0.2, -0.15) is 0 Å². The minimum Gasteiger partial charge on any atom is -0.441 e. The highest BCUT2D eigenvalue weighted by Crippen LogP contribution is 2.16. The summed E-state index contributed by atoms with van der Waals surface area (Å²) in [5.74, 6) is 1.49. The van der Waals surface area contributed by atoms with E-state index in [4.69, 9.17) is 4.42 Å². The molecule has 1 heterocycles. The Kier molecular flexibility index (Phi) is 3.92. The highest BCUT2D eigenvalue weighted by Gasteiger charge is 2.02. The predicted octanol–water partition coefficient (Wildman–Crippen LogP) is 3.52. The molecule has 74 valence electrons. The smallest absolute Gasteiger partial charge is 0.191 e. The number of oxazole rings is 1. The second-order valence-corrected chi connectivity index (χ2v) is 2.89. The van der Waals surface area contributed by atoms with Crippen LogP contribution in [0.3, 0.4) is 0 Å². The Morgan fingerprint density at radius 2 is 2.14 bits per heavy atom. The molecule has 0 saturated heterocycles. The lowest BCUT2D eigenvalue weighted by molar-refractivity contribution is 0.510. The quantitative estimate of drug-likeness (QED) is 0.680. The summed E-state index contributed by atoms with van der Waals surface area (Å²) in [7, 11) is 0. The van der Waals surface area contributed by atoms with Gasteiger partial charge in [0, 0.05) is 12.5 Å². The van der Waals surface area contributed by atoms with Gasteiger partial charge < -0.3 is 4.42 Å². The van der Waals surface area contributed by atoms with Gasteiger partial charge in [0.25, 0.3) is 0 Å². The summed E-state index contributed by atoms with van der Waals surface area (Å²) in [6.07, 6.45) is 11.7. The Hall–Kier alpha value is -1.57. The lowest BCUT2D eigenvalue weighted by atomic mass is 10.2. The van der Waals surface area contributed by atoms with Gasteiger partial charge in [-0.15, -0.1) is 0 Å². The van der Waals surface area contributed by atoms with Crippen molar-refractivity contribution in [3.63, 3.8) is 0 Å². The van der Waals surface area contributed by atoms with Gasteiger partial charge in [0.2, 0.25) is 0 Å². The van der Waals surface area contributed by atoms with Crippen molar-refractivity contribution in [2.45, 2.75) is 20.8 Å². The molecule has 0 saturated carbocycles. The van der Waals surface area contributed by atoms with Gasteiger partial charge in [0.15, 0.2) is 11.7 Å². The maximum atomic E-state index is 5.43. The zero-order chi connectivity index (χ0) is 10.4. The van der Waals surface area contributed by atoms with E-state index >= 15 is 0 Å². The first-order chi connectivity index (χ1) is 6.77. The Bertz CT molecular complexity index is 369. The van der Waals surface area contributed by atoms with Gasteiger partial charge in [-0.1, -0.05) is 30.4 Å². The number of hydrogen-bond acceptors (Lipinski definition) is 2. The van der Waals surface area contributed by atoms with Gasteiger partial charge in [-0.25, -0.2) is 4.98 Å². The molecule has 0 aliphatic carbocycles. The average molecular weight is 189 g/mol. The van der Waals surface area contributed by atoms with Gasteiger partial charge in [0.05, 0.1) is 6.20 Å². The molecule has 0 spiro atoms. The van der Waals surface area contributed by atoms with E-state index in [-0.39, 0.29) is 0 Å². The van der Waals surface area contributed by atoms with Crippen molar-refractivity contribution in [2.24, 2.45) is 0 Å². The minimum atomic E-state index is 0.691. The van der Waals surface area contributed by atoms with E-state index in [9.17, 15) is 0 Å². The van der Waals surface area contributed by atoms with Crippen LogP contribution in [0.2, 0.25) is 0 Å². The van der Waals surface area contributed by atoms with E-state index in [1.807, 2.05) is 51.2 Å². The summed E-state index contributed by atoms with van der Waals surface area (Å²) in [5, 5.41) is 0. The molecule has 0 N–H and O–H groups in total. The molecule has 1 aromatic rings. The highest BCUT2D eigenvalue weighted by molar-refractivity contribution is 5.71. The van der Waals surface area contributed by atoms with E-state index < -0.39 is 0 Å². The van der Waals surface area contributed by atoms with Crippen molar-refractivity contribution in [1.29, 1.82) is 0 Å². The summed E-state index contributed by atoms with van der Waals surface area (Å²) in [6, 6.07) is 0. The van der Waals surface area contributed by atoms with Crippen molar-refractivity contribution >= 4 is 5.57 Å². The maximum absolute atomic E-state index is 5.43. The summed E-state index contributed by atoms with van der Waals surface area (Å²) >= 11 is 0. The van der Waals surface area contributed by atoms with Crippen LogP contribution >= 0.6 is 0 Å². The number of aryl methyl sites for hydroxylation is 1. The summed E-state index contributed by atoms with van der Waals surface area (Å²) < 4.78 is 5.43. The summed E-state index contributed by atoms with van der Waals surface area (Å²) in [4.78, 5) is 4.06. The Balaban J connectivity index is 2.99. The van der Waals surface area contributed by atoms with E-state index in [1.165, 1.54) is 0 Å². The zero-order valence-corrected chi connectivity index (χ0v) is 8.82. The van der Waals surface area contributed by atoms with Crippen LogP contribution in [0.1, 0.15) is 25.5 Å². The van der Waals surface area contributed by atoms with Crippen LogP contribution in [0.4, 0.5) is 0 Å². The van der Waals surface area contributed by atoms with Crippen LogP contribution < -0.4 is 0 Å². The maximum Gasteiger partial charge on any atom is 0.191 e. The lowest BCUT2D eigenvalue weighted by Crippen LogP contribution is -1.74. The molecule has 0 unspecified atom stereocenters. The number of nitrogens with zero attached hydrogens (tertiary/aromatic N) is 1. The van der Waals surface area contributed by atoms with Gasteiger partial charge >= 0.3 is 0 Å². The third-order valence-corrected chi connectivity index (χ3v) is 1.72. The highest BCUT2D eigenvalue weighted by atomic mass is 16.4. The molecule has 0 aromatic carbocycles.